The van der Waals surface area contributed by atoms with Crippen molar-refractivity contribution in [3.63, 3.8) is 0 Å². The smallest absolute Gasteiger partial charge is 0.240 e. The van der Waals surface area contributed by atoms with E-state index in [4.69, 9.17) is 0 Å². The third-order valence-electron chi connectivity index (χ3n) is 4.44. The number of sulfonamides is 1. The summed E-state index contributed by atoms with van der Waals surface area (Å²) in [6, 6.07) is 10.9. The average molecular weight is 348 g/mol. The minimum atomic E-state index is -3.47. The van der Waals surface area contributed by atoms with Gasteiger partial charge in [0, 0.05) is 44.3 Å². The number of aromatic nitrogens is 2. The molecule has 1 aliphatic heterocycles. The second kappa shape index (κ2) is 7.04. The molecule has 0 amide bonds. The Hall–Kier alpha value is -1.70. The van der Waals surface area contributed by atoms with E-state index in [1.165, 1.54) is 5.69 Å². The molecule has 24 heavy (non-hydrogen) atoms. The second-order valence-corrected chi connectivity index (χ2v) is 8.33. The number of hydrogen-bond acceptors (Lipinski definition) is 4. The first kappa shape index (κ1) is 17.1. The molecular formula is C17H24N4O2S. The van der Waals surface area contributed by atoms with Crippen molar-refractivity contribution in [3.8, 4) is 0 Å². The summed E-state index contributed by atoms with van der Waals surface area (Å²) in [5, 5.41) is 4.38. The Balaban J connectivity index is 1.72. The van der Waals surface area contributed by atoms with Crippen molar-refractivity contribution >= 4 is 10.0 Å². The summed E-state index contributed by atoms with van der Waals surface area (Å²) >= 11 is 0. The molecule has 2 heterocycles. The van der Waals surface area contributed by atoms with E-state index in [-0.39, 0.29) is 5.92 Å². The molecule has 0 radical (unpaired) electrons. The van der Waals surface area contributed by atoms with Crippen molar-refractivity contribution in [1.82, 2.24) is 19.4 Å². The summed E-state index contributed by atoms with van der Waals surface area (Å²) in [4.78, 5) is 2.67. The Morgan fingerprint density at radius 3 is 2.67 bits per heavy atom. The summed E-state index contributed by atoms with van der Waals surface area (Å²) in [7, 11) is -3.47. The van der Waals surface area contributed by atoms with Crippen molar-refractivity contribution < 1.29 is 8.42 Å². The largest absolute Gasteiger partial charge is 0.295 e. The number of fused-ring (bicyclic) bond motifs is 1. The number of rotatable bonds is 5. The van der Waals surface area contributed by atoms with Crippen LogP contribution in [-0.4, -0.2) is 42.2 Å². The normalized spacial score (nSPS) is 19.2. The fourth-order valence-electron chi connectivity index (χ4n) is 3.00. The van der Waals surface area contributed by atoms with Gasteiger partial charge in [0.2, 0.25) is 10.0 Å². The molecule has 1 aliphatic rings. The number of benzene rings is 1. The fourth-order valence-corrected chi connectivity index (χ4v) is 4.14. The van der Waals surface area contributed by atoms with Crippen LogP contribution in [0.2, 0.25) is 0 Å². The summed E-state index contributed by atoms with van der Waals surface area (Å²) in [6.45, 7) is 7.15. The van der Waals surface area contributed by atoms with Gasteiger partial charge in [0.1, 0.15) is 0 Å². The molecule has 3 rings (SSSR count). The van der Waals surface area contributed by atoms with Gasteiger partial charge >= 0.3 is 0 Å². The van der Waals surface area contributed by atoms with Crippen LogP contribution < -0.4 is 4.72 Å². The predicted octanol–water partition coefficient (Wildman–Crippen LogP) is 1.70. The van der Waals surface area contributed by atoms with E-state index in [2.05, 4.69) is 28.6 Å². The minimum absolute atomic E-state index is 0.173. The molecule has 0 unspecified atom stereocenters. The lowest BCUT2D eigenvalue weighted by atomic mass is 10.1. The summed E-state index contributed by atoms with van der Waals surface area (Å²) < 4.78 is 29.6. The molecule has 2 aromatic rings. The number of hydrogen-bond donors (Lipinski definition) is 1. The second-order valence-electron chi connectivity index (χ2n) is 6.56. The topological polar surface area (TPSA) is 67.2 Å². The Morgan fingerprint density at radius 2 is 1.96 bits per heavy atom. The molecule has 0 spiro atoms. The van der Waals surface area contributed by atoms with E-state index < -0.39 is 10.0 Å². The van der Waals surface area contributed by atoms with Crippen LogP contribution in [0.15, 0.2) is 47.5 Å². The highest BCUT2D eigenvalue weighted by Gasteiger charge is 2.25. The molecule has 130 valence electrons. The Labute approximate surface area is 143 Å². The first-order chi connectivity index (χ1) is 11.5. The molecule has 7 heteroatoms. The van der Waals surface area contributed by atoms with Crippen LogP contribution in [0, 0.1) is 5.92 Å². The lowest BCUT2D eigenvalue weighted by Gasteiger charge is -2.27. The first-order valence-corrected chi connectivity index (χ1v) is 9.73. The highest BCUT2D eigenvalue weighted by atomic mass is 32.2. The zero-order valence-electron chi connectivity index (χ0n) is 14.1. The summed E-state index contributed by atoms with van der Waals surface area (Å²) in [5.41, 5.74) is 1.18. The van der Waals surface area contributed by atoms with E-state index in [0.29, 0.717) is 17.5 Å². The van der Waals surface area contributed by atoms with Crippen molar-refractivity contribution in [2.24, 2.45) is 5.92 Å². The van der Waals surface area contributed by atoms with Gasteiger partial charge in [-0.25, -0.2) is 13.1 Å². The number of nitrogens with one attached hydrogen (secondary N) is 1. The lowest BCUT2D eigenvalue weighted by molar-refractivity contribution is 0.185. The SMILES string of the molecule is CC(C)N1Cc2ccnn2C[C@@H](CNS(=O)(=O)c2ccccc2)C1. The monoisotopic (exact) mass is 348 g/mol. The molecule has 0 bridgehead atoms. The van der Waals surface area contributed by atoms with Gasteiger partial charge in [-0.15, -0.1) is 0 Å². The van der Waals surface area contributed by atoms with Crippen LogP contribution >= 0.6 is 0 Å². The molecule has 0 aliphatic carbocycles. The molecule has 0 saturated heterocycles. The van der Waals surface area contributed by atoms with Crippen molar-refractivity contribution in [2.75, 3.05) is 13.1 Å². The zero-order valence-corrected chi connectivity index (χ0v) is 14.9. The van der Waals surface area contributed by atoms with Gasteiger partial charge in [0.25, 0.3) is 0 Å². The average Bonchev–Trinajstić information content (AvgIpc) is 2.91. The van der Waals surface area contributed by atoms with Gasteiger partial charge in [0.05, 0.1) is 10.6 Å². The summed E-state index contributed by atoms with van der Waals surface area (Å²) in [6.07, 6.45) is 1.81. The van der Waals surface area contributed by atoms with Crippen molar-refractivity contribution in [3.05, 3.63) is 48.3 Å². The molecule has 1 aromatic carbocycles. The number of nitrogens with zero attached hydrogens (tertiary/aromatic N) is 3. The van der Waals surface area contributed by atoms with Crippen LogP contribution in [0.5, 0.6) is 0 Å². The van der Waals surface area contributed by atoms with Crippen molar-refractivity contribution in [2.45, 2.75) is 37.9 Å². The maximum Gasteiger partial charge on any atom is 0.240 e. The van der Waals surface area contributed by atoms with Crippen LogP contribution in [-0.2, 0) is 23.1 Å². The van der Waals surface area contributed by atoms with Crippen LogP contribution in [0.25, 0.3) is 0 Å². The Morgan fingerprint density at radius 1 is 1.21 bits per heavy atom. The van der Waals surface area contributed by atoms with Crippen molar-refractivity contribution in [1.29, 1.82) is 0 Å². The third-order valence-corrected chi connectivity index (χ3v) is 5.88. The standard InChI is InChI=1S/C17H24N4O2S/c1-14(2)20-11-15(12-21-16(13-20)8-9-18-21)10-19-24(22,23)17-6-4-3-5-7-17/h3-9,14-15,19H,10-13H2,1-2H3/t15-/m0/s1. The van der Waals surface area contributed by atoms with Gasteiger partial charge in [-0.05, 0) is 32.0 Å². The van der Waals surface area contributed by atoms with E-state index in [1.54, 1.807) is 24.3 Å². The maximum absolute atomic E-state index is 12.4. The molecule has 0 saturated carbocycles. The molecule has 1 aromatic heterocycles. The van der Waals surface area contributed by atoms with Gasteiger partial charge in [0.15, 0.2) is 0 Å². The quantitative estimate of drug-likeness (QED) is 0.893. The first-order valence-electron chi connectivity index (χ1n) is 8.25. The van der Waals surface area contributed by atoms with Gasteiger partial charge in [-0.2, -0.15) is 5.10 Å². The highest BCUT2D eigenvalue weighted by Crippen LogP contribution is 2.18. The van der Waals surface area contributed by atoms with Gasteiger partial charge < -0.3 is 0 Å². The van der Waals surface area contributed by atoms with Crippen LogP contribution in [0.4, 0.5) is 0 Å². The fraction of sp³-hybridized carbons (Fsp3) is 0.471. The summed E-state index contributed by atoms with van der Waals surface area (Å²) in [5.74, 6) is 0.173. The predicted molar refractivity (Wildman–Crippen MR) is 92.9 cm³/mol. The molecule has 1 N–H and O–H groups in total. The Kier molecular flexibility index (Phi) is 5.03. The van der Waals surface area contributed by atoms with Crippen LogP contribution in [0.3, 0.4) is 0 Å². The minimum Gasteiger partial charge on any atom is -0.295 e. The highest BCUT2D eigenvalue weighted by molar-refractivity contribution is 7.89. The lowest BCUT2D eigenvalue weighted by Crippen LogP contribution is -2.39. The zero-order chi connectivity index (χ0) is 17.2. The maximum atomic E-state index is 12.4. The van der Waals surface area contributed by atoms with Gasteiger partial charge in [-0.1, -0.05) is 18.2 Å². The Bertz CT molecular complexity index is 771. The van der Waals surface area contributed by atoms with E-state index in [0.717, 1.165) is 19.6 Å². The third kappa shape index (κ3) is 3.85. The molecular weight excluding hydrogens is 324 g/mol. The molecule has 6 nitrogen and oxygen atoms in total. The van der Waals surface area contributed by atoms with E-state index in [1.807, 2.05) is 23.0 Å². The van der Waals surface area contributed by atoms with Crippen LogP contribution in [0.1, 0.15) is 19.5 Å². The van der Waals surface area contributed by atoms with Gasteiger partial charge in [-0.3, -0.25) is 9.58 Å². The molecule has 0 fully saturated rings. The van der Waals surface area contributed by atoms with E-state index in [9.17, 15) is 8.42 Å². The van der Waals surface area contributed by atoms with E-state index >= 15 is 0 Å². The molecule has 1 atom stereocenters.